The van der Waals surface area contributed by atoms with E-state index in [1.165, 1.54) is 31.2 Å². The van der Waals surface area contributed by atoms with Gasteiger partial charge in [-0.3, -0.25) is 19.7 Å². The van der Waals surface area contributed by atoms with Crippen LogP contribution in [0.25, 0.3) is 0 Å². The van der Waals surface area contributed by atoms with Crippen molar-refractivity contribution in [1.29, 1.82) is 0 Å². The van der Waals surface area contributed by atoms with Gasteiger partial charge in [0.15, 0.2) is 0 Å². The molecule has 0 aromatic heterocycles. The van der Waals surface area contributed by atoms with E-state index in [0.29, 0.717) is 11.3 Å². The van der Waals surface area contributed by atoms with Crippen molar-refractivity contribution in [3.8, 4) is 5.75 Å². The summed E-state index contributed by atoms with van der Waals surface area (Å²) in [5.74, 6) is -0.498. The van der Waals surface area contributed by atoms with Crippen LogP contribution < -0.4 is 10.1 Å². The molecule has 2 aromatic carbocycles. The van der Waals surface area contributed by atoms with E-state index in [1.54, 1.807) is 24.3 Å². The smallest absolute Gasteiger partial charge is 0.315 e. The minimum absolute atomic E-state index is 0.0806. The number of nitro benzene ring substituents is 1. The lowest BCUT2D eigenvalue weighted by Gasteiger charge is -2.07. The number of nitro groups is 1. The van der Waals surface area contributed by atoms with E-state index in [-0.39, 0.29) is 23.8 Å². The average Bonchev–Trinajstić information content (AvgIpc) is 2.47. The summed E-state index contributed by atoms with van der Waals surface area (Å²) in [5, 5.41) is 13.3. The summed E-state index contributed by atoms with van der Waals surface area (Å²) in [4.78, 5) is 33.1. The molecule has 0 saturated heterocycles. The first-order valence-corrected chi connectivity index (χ1v) is 6.76. The Balaban J connectivity index is 2.03. The first-order valence-electron chi connectivity index (χ1n) is 6.76. The van der Waals surface area contributed by atoms with Gasteiger partial charge in [-0.05, 0) is 17.7 Å². The van der Waals surface area contributed by atoms with Gasteiger partial charge in [-0.2, -0.15) is 0 Å². The fraction of sp³-hybridized carbons (Fsp3) is 0.125. The molecular formula is C16H14N2O5. The van der Waals surface area contributed by atoms with Crippen LogP contribution in [0.3, 0.4) is 0 Å². The summed E-state index contributed by atoms with van der Waals surface area (Å²) in [7, 11) is 0. The van der Waals surface area contributed by atoms with Crippen LogP contribution in [-0.4, -0.2) is 16.8 Å². The van der Waals surface area contributed by atoms with E-state index in [1.807, 2.05) is 0 Å². The molecule has 1 N–H and O–H groups in total. The first-order chi connectivity index (χ1) is 10.9. The second-order valence-corrected chi connectivity index (χ2v) is 4.79. The number of amides is 1. The van der Waals surface area contributed by atoms with Crippen molar-refractivity contribution in [2.75, 3.05) is 5.32 Å². The fourth-order valence-electron chi connectivity index (χ4n) is 1.95. The van der Waals surface area contributed by atoms with Crippen molar-refractivity contribution < 1.29 is 19.2 Å². The molecule has 0 aliphatic heterocycles. The lowest BCUT2D eigenvalue weighted by molar-refractivity contribution is -0.384. The molecule has 0 heterocycles. The maximum Gasteiger partial charge on any atom is 0.315 e. The van der Waals surface area contributed by atoms with Gasteiger partial charge in [0.05, 0.1) is 11.3 Å². The van der Waals surface area contributed by atoms with Gasteiger partial charge in [-0.25, -0.2) is 0 Å². The lowest BCUT2D eigenvalue weighted by atomic mass is 10.1. The van der Waals surface area contributed by atoms with E-state index >= 15 is 0 Å². The minimum atomic E-state index is -0.550. The number of carbonyl (C=O) groups excluding carboxylic acids is 2. The van der Waals surface area contributed by atoms with E-state index in [9.17, 15) is 19.7 Å². The molecule has 118 valence electrons. The van der Waals surface area contributed by atoms with Crippen molar-refractivity contribution in [2.24, 2.45) is 0 Å². The largest absolute Gasteiger partial charge is 0.426 e. The van der Waals surface area contributed by atoms with Crippen LogP contribution in [0.2, 0.25) is 0 Å². The number of benzene rings is 2. The quantitative estimate of drug-likeness (QED) is 0.396. The highest BCUT2D eigenvalue weighted by Crippen LogP contribution is 2.19. The Bertz CT molecular complexity index is 758. The SMILES string of the molecule is CC(=O)Nc1cccc(OC(=O)Cc2cccc([N+](=O)[O-])c2)c1. The Morgan fingerprint density at radius 3 is 2.61 bits per heavy atom. The molecule has 0 saturated carbocycles. The number of carbonyl (C=O) groups is 2. The number of nitrogens with zero attached hydrogens (tertiary/aromatic N) is 1. The van der Waals surface area contributed by atoms with Crippen molar-refractivity contribution >= 4 is 23.3 Å². The third-order valence-electron chi connectivity index (χ3n) is 2.86. The fourth-order valence-corrected chi connectivity index (χ4v) is 1.95. The van der Waals surface area contributed by atoms with Gasteiger partial charge >= 0.3 is 5.97 Å². The molecule has 0 spiro atoms. The van der Waals surface area contributed by atoms with Gasteiger partial charge in [0, 0.05) is 30.8 Å². The normalized spacial score (nSPS) is 9.96. The van der Waals surface area contributed by atoms with Gasteiger partial charge in [0.25, 0.3) is 5.69 Å². The van der Waals surface area contributed by atoms with Crippen molar-refractivity contribution in [3.05, 3.63) is 64.2 Å². The predicted octanol–water partition coefficient (Wildman–Crippen LogP) is 2.70. The van der Waals surface area contributed by atoms with E-state index in [0.717, 1.165) is 0 Å². The molecule has 2 rings (SSSR count). The third-order valence-corrected chi connectivity index (χ3v) is 2.86. The number of non-ortho nitro benzene ring substituents is 1. The van der Waals surface area contributed by atoms with Crippen LogP contribution in [0.4, 0.5) is 11.4 Å². The van der Waals surface area contributed by atoms with Gasteiger partial charge in [0.2, 0.25) is 5.91 Å². The highest BCUT2D eigenvalue weighted by Gasteiger charge is 2.11. The highest BCUT2D eigenvalue weighted by atomic mass is 16.6. The molecule has 2 aromatic rings. The molecule has 0 bridgehead atoms. The molecule has 7 nitrogen and oxygen atoms in total. The van der Waals surface area contributed by atoms with Crippen LogP contribution in [-0.2, 0) is 16.0 Å². The molecule has 0 aliphatic rings. The second-order valence-electron chi connectivity index (χ2n) is 4.79. The summed E-state index contributed by atoms with van der Waals surface area (Å²) < 4.78 is 5.18. The van der Waals surface area contributed by atoms with Gasteiger partial charge in [0.1, 0.15) is 5.75 Å². The zero-order chi connectivity index (χ0) is 16.8. The highest BCUT2D eigenvalue weighted by molar-refractivity contribution is 5.89. The Morgan fingerprint density at radius 1 is 1.17 bits per heavy atom. The molecular weight excluding hydrogens is 300 g/mol. The topological polar surface area (TPSA) is 98.5 Å². The van der Waals surface area contributed by atoms with Crippen LogP contribution in [0.15, 0.2) is 48.5 Å². The molecule has 23 heavy (non-hydrogen) atoms. The summed E-state index contributed by atoms with van der Waals surface area (Å²) >= 11 is 0. The van der Waals surface area contributed by atoms with E-state index in [4.69, 9.17) is 4.74 Å². The van der Waals surface area contributed by atoms with Crippen LogP contribution in [0.1, 0.15) is 12.5 Å². The Kier molecular flexibility index (Phi) is 5.03. The molecule has 0 fully saturated rings. The zero-order valence-corrected chi connectivity index (χ0v) is 12.3. The summed E-state index contributed by atoms with van der Waals surface area (Å²) in [6, 6.07) is 12.2. The lowest BCUT2D eigenvalue weighted by Crippen LogP contribution is -2.12. The second kappa shape index (κ2) is 7.17. The number of nitrogens with one attached hydrogen (secondary N) is 1. The van der Waals surface area contributed by atoms with Gasteiger partial charge in [-0.1, -0.05) is 18.2 Å². The number of ether oxygens (including phenoxy) is 1. The molecule has 0 radical (unpaired) electrons. The van der Waals surface area contributed by atoms with Crippen LogP contribution in [0, 0.1) is 10.1 Å². The third kappa shape index (κ3) is 4.92. The van der Waals surface area contributed by atoms with Crippen molar-refractivity contribution in [2.45, 2.75) is 13.3 Å². The summed E-state index contributed by atoms with van der Waals surface area (Å²) in [6.45, 7) is 1.38. The minimum Gasteiger partial charge on any atom is -0.426 e. The number of hydrogen-bond acceptors (Lipinski definition) is 5. The van der Waals surface area contributed by atoms with Crippen LogP contribution in [0.5, 0.6) is 5.75 Å². The maximum atomic E-state index is 11.9. The Labute approximate surface area is 132 Å². The Morgan fingerprint density at radius 2 is 1.91 bits per heavy atom. The number of rotatable bonds is 5. The summed E-state index contributed by atoms with van der Waals surface area (Å²) in [5.41, 5.74) is 0.920. The molecule has 0 aliphatic carbocycles. The van der Waals surface area contributed by atoms with Gasteiger partial charge < -0.3 is 10.1 Å². The number of esters is 1. The average molecular weight is 314 g/mol. The standard InChI is InChI=1S/C16H14N2O5/c1-11(19)17-13-5-3-7-15(10-13)23-16(20)9-12-4-2-6-14(8-12)18(21)22/h2-8,10H,9H2,1H3,(H,17,19). The number of hydrogen-bond donors (Lipinski definition) is 1. The monoisotopic (exact) mass is 314 g/mol. The van der Waals surface area contributed by atoms with E-state index in [2.05, 4.69) is 5.32 Å². The van der Waals surface area contributed by atoms with Crippen molar-refractivity contribution in [3.63, 3.8) is 0 Å². The Hall–Kier alpha value is -3.22. The van der Waals surface area contributed by atoms with Crippen molar-refractivity contribution in [1.82, 2.24) is 0 Å². The molecule has 1 amide bonds. The van der Waals surface area contributed by atoms with Gasteiger partial charge in [-0.15, -0.1) is 0 Å². The molecule has 7 heteroatoms. The zero-order valence-electron chi connectivity index (χ0n) is 12.3. The molecule has 0 unspecified atom stereocenters. The summed E-state index contributed by atoms with van der Waals surface area (Å²) in [6.07, 6.45) is -0.0912. The number of anilines is 1. The predicted molar refractivity (Wildman–Crippen MR) is 83.2 cm³/mol. The molecule has 0 atom stereocenters. The van der Waals surface area contributed by atoms with E-state index < -0.39 is 10.9 Å². The van der Waals surface area contributed by atoms with Crippen LogP contribution >= 0.6 is 0 Å². The maximum absolute atomic E-state index is 11.9. The first kappa shape index (κ1) is 16.2.